The quantitative estimate of drug-likeness (QED) is 0.669. The fourth-order valence-electron chi connectivity index (χ4n) is 0.996. The van der Waals surface area contributed by atoms with Crippen LogP contribution in [0.15, 0.2) is 6.07 Å². The molecule has 1 rings (SSSR count). The Morgan fingerprint density at radius 3 is 2.33 bits per heavy atom. The second-order valence-corrected chi connectivity index (χ2v) is 3.26. The van der Waals surface area contributed by atoms with Gasteiger partial charge in [0.1, 0.15) is 0 Å². The van der Waals surface area contributed by atoms with Crippen LogP contribution >= 0.6 is 0 Å². The van der Waals surface area contributed by atoms with Gasteiger partial charge in [0.25, 0.3) is 0 Å². The summed E-state index contributed by atoms with van der Waals surface area (Å²) in [6.45, 7) is 1.39. The van der Waals surface area contributed by atoms with Crippen molar-refractivity contribution in [1.82, 2.24) is 14.7 Å². The van der Waals surface area contributed by atoms with E-state index in [9.17, 15) is 18.0 Å². The van der Waals surface area contributed by atoms with Crippen molar-refractivity contribution < 1.29 is 18.0 Å². The van der Waals surface area contributed by atoms with E-state index in [0.29, 0.717) is 0 Å². The fourth-order valence-corrected chi connectivity index (χ4v) is 0.996. The van der Waals surface area contributed by atoms with E-state index >= 15 is 0 Å². The topological polar surface area (TPSA) is 38.1 Å². The van der Waals surface area contributed by atoms with Gasteiger partial charge in [-0.25, -0.2) is 4.79 Å². The van der Waals surface area contributed by atoms with Gasteiger partial charge in [-0.15, -0.1) is 0 Å². The first kappa shape index (κ1) is 11.5. The minimum absolute atomic E-state index is 0.154. The summed E-state index contributed by atoms with van der Waals surface area (Å²) in [5.74, 6) is 0. The maximum Gasteiger partial charge on any atom is 0.435 e. The summed E-state index contributed by atoms with van der Waals surface area (Å²) in [6, 6.07) is 0.226. The average molecular weight is 221 g/mol. The van der Waals surface area contributed by atoms with Crippen molar-refractivity contribution in [2.75, 3.05) is 14.1 Å². The molecule has 0 aliphatic rings. The number of hydrogen-bond acceptors (Lipinski definition) is 2. The van der Waals surface area contributed by atoms with Crippen LogP contribution in [0.2, 0.25) is 0 Å². The molecule has 0 N–H and O–H groups in total. The van der Waals surface area contributed by atoms with Crippen molar-refractivity contribution >= 4 is 6.03 Å². The van der Waals surface area contributed by atoms with E-state index in [1.54, 1.807) is 0 Å². The molecule has 0 saturated heterocycles. The van der Waals surface area contributed by atoms with Crippen LogP contribution in [0.3, 0.4) is 0 Å². The monoisotopic (exact) mass is 221 g/mol. The van der Waals surface area contributed by atoms with Crippen LogP contribution in [0.1, 0.15) is 11.4 Å². The Hall–Kier alpha value is -1.53. The lowest BCUT2D eigenvalue weighted by Crippen LogP contribution is -2.29. The van der Waals surface area contributed by atoms with Gasteiger partial charge in [0.15, 0.2) is 5.69 Å². The lowest BCUT2D eigenvalue weighted by atomic mass is 10.4. The third-order valence-corrected chi connectivity index (χ3v) is 1.74. The minimum Gasteiger partial charge on any atom is -0.329 e. The van der Waals surface area contributed by atoms with Gasteiger partial charge in [-0.05, 0) is 13.0 Å². The molecule has 0 saturated carbocycles. The van der Waals surface area contributed by atoms with Crippen LogP contribution in [-0.4, -0.2) is 34.8 Å². The Labute approximate surface area is 84.3 Å². The number of alkyl halides is 3. The number of rotatable bonds is 0. The third-order valence-electron chi connectivity index (χ3n) is 1.74. The molecular weight excluding hydrogens is 211 g/mol. The number of aryl methyl sites for hydroxylation is 1. The molecule has 0 bridgehead atoms. The van der Waals surface area contributed by atoms with Crippen LogP contribution in [0, 0.1) is 6.92 Å². The highest BCUT2D eigenvalue weighted by atomic mass is 19.4. The second kappa shape index (κ2) is 3.56. The second-order valence-electron chi connectivity index (χ2n) is 3.26. The molecule has 15 heavy (non-hydrogen) atoms. The molecule has 0 fully saturated rings. The Balaban J connectivity index is 3.13. The van der Waals surface area contributed by atoms with E-state index in [0.717, 1.165) is 15.6 Å². The Bertz CT molecular complexity index is 381. The Kier molecular flexibility index (Phi) is 2.74. The highest BCUT2D eigenvalue weighted by Crippen LogP contribution is 2.28. The number of hydrogen-bond donors (Lipinski definition) is 0. The maximum absolute atomic E-state index is 12.2. The first-order valence-electron chi connectivity index (χ1n) is 4.09. The smallest absolute Gasteiger partial charge is 0.329 e. The summed E-state index contributed by atoms with van der Waals surface area (Å²) >= 11 is 0. The van der Waals surface area contributed by atoms with Crippen molar-refractivity contribution in [3.05, 3.63) is 17.5 Å². The number of aromatic nitrogens is 2. The first-order valence-corrected chi connectivity index (χ1v) is 4.09. The summed E-state index contributed by atoms with van der Waals surface area (Å²) in [7, 11) is 2.88. The highest BCUT2D eigenvalue weighted by Gasteiger charge is 2.35. The molecule has 84 valence electrons. The van der Waals surface area contributed by atoms with E-state index in [4.69, 9.17) is 0 Å². The molecule has 7 heteroatoms. The van der Waals surface area contributed by atoms with Gasteiger partial charge < -0.3 is 4.90 Å². The zero-order chi connectivity index (χ0) is 11.8. The number of nitrogens with zero attached hydrogens (tertiary/aromatic N) is 3. The van der Waals surface area contributed by atoms with Crippen LogP contribution in [0.25, 0.3) is 0 Å². The highest BCUT2D eigenvalue weighted by molar-refractivity contribution is 5.76. The van der Waals surface area contributed by atoms with Gasteiger partial charge in [0.2, 0.25) is 0 Å². The molecule has 0 spiro atoms. The molecule has 0 aliphatic carbocycles. The summed E-state index contributed by atoms with van der Waals surface area (Å²) in [5.41, 5.74) is -0.906. The molecule has 0 unspecified atom stereocenters. The summed E-state index contributed by atoms with van der Waals surface area (Å²) < 4.78 is 37.5. The Morgan fingerprint density at radius 2 is 2.00 bits per heavy atom. The van der Waals surface area contributed by atoms with E-state index in [1.165, 1.54) is 21.0 Å². The molecule has 0 aromatic carbocycles. The molecule has 0 aliphatic heterocycles. The SMILES string of the molecule is Cc1cc(C(F)(F)F)nn1C(=O)N(C)C. The zero-order valence-electron chi connectivity index (χ0n) is 8.46. The number of halogens is 3. The number of carbonyl (C=O) groups is 1. The standard InChI is InChI=1S/C8H10F3N3O/c1-5-4-6(8(9,10)11)12-14(5)7(15)13(2)3/h4H,1-3H3. The number of carbonyl (C=O) groups excluding carboxylic acids is 1. The normalized spacial score (nSPS) is 11.6. The van der Waals surface area contributed by atoms with Gasteiger partial charge in [-0.1, -0.05) is 0 Å². The average Bonchev–Trinajstić information content (AvgIpc) is 2.45. The van der Waals surface area contributed by atoms with Gasteiger partial charge in [-0.2, -0.15) is 23.0 Å². The molecule has 1 aromatic rings. The molecule has 0 atom stereocenters. The van der Waals surface area contributed by atoms with Crippen molar-refractivity contribution in [3.8, 4) is 0 Å². The van der Waals surface area contributed by atoms with E-state index in [2.05, 4.69) is 5.10 Å². The fraction of sp³-hybridized carbons (Fsp3) is 0.500. The van der Waals surface area contributed by atoms with E-state index in [-0.39, 0.29) is 5.69 Å². The predicted molar refractivity (Wildman–Crippen MR) is 46.4 cm³/mol. The minimum atomic E-state index is -4.53. The number of amides is 1. The van der Waals surface area contributed by atoms with Crippen molar-refractivity contribution in [3.63, 3.8) is 0 Å². The maximum atomic E-state index is 12.2. The molecule has 0 radical (unpaired) electrons. The molecule has 1 aromatic heterocycles. The molecular formula is C8H10F3N3O. The molecule has 1 heterocycles. The van der Waals surface area contributed by atoms with Crippen LogP contribution in [-0.2, 0) is 6.18 Å². The predicted octanol–water partition coefficient (Wildman–Crippen LogP) is 1.74. The molecule has 1 amide bonds. The van der Waals surface area contributed by atoms with Crippen molar-refractivity contribution in [2.24, 2.45) is 0 Å². The van der Waals surface area contributed by atoms with Gasteiger partial charge in [-0.3, -0.25) is 0 Å². The lowest BCUT2D eigenvalue weighted by Gasteiger charge is -2.10. The van der Waals surface area contributed by atoms with E-state index in [1.807, 2.05) is 0 Å². The zero-order valence-corrected chi connectivity index (χ0v) is 8.46. The summed E-state index contributed by atoms with van der Waals surface area (Å²) in [5, 5.41) is 3.20. The Morgan fingerprint density at radius 1 is 1.47 bits per heavy atom. The summed E-state index contributed by atoms with van der Waals surface area (Å²) in [4.78, 5) is 12.5. The lowest BCUT2D eigenvalue weighted by molar-refractivity contribution is -0.141. The summed E-state index contributed by atoms with van der Waals surface area (Å²) in [6.07, 6.45) is -4.53. The largest absolute Gasteiger partial charge is 0.435 e. The van der Waals surface area contributed by atoms with Crippen molar-refractivity contribution in [1.29, 1.82) is 0 Å². The molecule has 4 nitrogen and oxygen atoms in total. The van der Waals surface area contributed by atoms with Gasteiger partial charge in [0.05, 0.1) is 0 Å². The van der Waals surface area contributed by atoms with Crippen LogP contribution in [0.5, 0.6) is 0 Å². The van der Waals surface area contributed by atoms with E-state index < -0.39 is 17.9 Å². The van der Waals surface area contributed by atoms with Gasteiger partial charge in [0, 0.05) is 19.8 Å². The van der Waals surface area contributed by atoms with Gasteiger partial charge >= 0.3 is 12.2 Å². The van der Waals surface area contributed by atoms with Crippen molar-refractivity contribution in [2.45, 2.75) is 13.1 Å². The first-order chi connectivity index (χ1) is 6.73. The van der Waals surface area contributed by atoms with Crippen LogP contribution < -0.4 is 0 Å². The third kappa shape index (κ3) is 2.28. The van der Waals surface area contributed by atoms with Crippen LogP contribution in [0.4, 0.5) is 18.0 Å².